The van der Waals surface area contributed by atoms with Crippen molar-refractivity contribution in [1.29, 1.82) is 0 Å². The number of ketones is 1. The Morgan fingerprint density at radius 1 is 0.950 bits per heavy atom. The molecule has 0 spiro atoms. The van der Waals surface area contributed by atoms with Crippen molar-refractivity contribution in [3.8, 4) is 28.5 Å². The molecule has 9 nitrogen and oxygen atoms in total. The minimum Gasteiger partial charge on any atom is -0.497 e. The lowest BCUT2D eigenvalue weighted by atomic mass is 10.1. The Labute approximate surface area is 232 Å². The first-order valence-electron chi connectivity index (χ1n) is 12.8. The maximum Gasteiger partial charge on any atom is 0.332 e. The molecule has 9 heteroatoms. The van der Waals surface area contributed by atoms with E-state index < -0.39 is 12.1 Å². The van der Waals surface area contributed by atoms with Gasteiger partial charge in [0.25, 0.3) is 0 Å². The van der Waals surface area contributed by atoms with Crippen molar-refractivity contribution in [2.45, 2.75) is 32.6 Å². The van der Waals surface area contributed by atoms with Crippen molar-refractivity contribution >= 4 is 11.8 Å². The number of imidazole rings is 1. The van der Waals surface area contributed by atoms with Gasteiger partial charge in [-0.3, -0.25) is 4.79 Å². The number of carboxylic acid groups (broad SMARTS) is 1. The Morgan fingerprint density at radius 3 is 2.45 bits per heavy atom. The summed E-state index contributed by atoms with van der Waals surface area (Å²) >= 11 is 0. The third-order valence-electron chi connectivity index (χ3n) is 6.28. The predicted molar refractivity (Wildman–Crippen MR) is 149 cm³/mol. The molecule has 1 atom stereocenters. The number of aryl methyl sites for hydroxylation is 1. The second-order valence-electron chi connectivity index (χ2n) is 9.04. The SMILES string of the molecule is COc1cccc(C(=O)c2nc(-c3ccccc3OC)cn2CCCOc2ccc(CO[C@@H](C)C(=O)O)cc2)c1. The van der Waals surface area contributed by atoms with E-state index in [0.717, 1.165) is 11.1 Å². The van der Waals surface area contributed by atoms with E-state index in [1.54, 1.807) is 38.5 Å². The summed E-state index contributed by atoms with van der Waals surface area (Å²) in [6.07, 6.45) is 1.61. The number of ether oxygens (including phenoxy) is 4. The lowest BCUT2D eigenvalue weighted by Crippen LogP contribution is -2.19. The Balaban J connectivity index is 1.46. The van der Waals surface area contributed by atoms with Crippen LogP contribution in [0.2, 0.25) is 0 Å². The zero-order valence-electron chi connectivity index (χ0n) is 22.7. The second-order valence-corrected chi connectivity index (χ2v) is 9.04. The first-order chi connectivity index (χ1) is 19.4. The molecule has 3 aromatic carbocycles. The minimum atomic E-state index is -0.999. The quantitative estimate of drug-likeness (QED) is 0.169. The number of methoxy groups -OCH3 is 2. The van der Waals surface area contributed by atoms with Crippen LogP contribution in [0, 0.1) is 0 Å². The first-order valence-corrected chi connectivity index (χ1v) is 12.8. The summed E-state index contributed by atoms with van der Waals surface area (Å²) in [5.41, 5.74) is 2.76. The van der Waals surface area contributed by atoms with Gasteiger partial charge in [0.05, 0.1) is 33.1 Å². The summed E-state index contributed by atoms with van der Waals surface area (Å²) in [5, 5.41) is 8.94. The molecule has 4 aromatic rings. The van der Waals surface area contributed by atoms with Crippen LogP contribution in [-0.4, -0.2) is 53.3 Å². The van der Waals surface area contributed by atoms with Gasteiger partial charge in [-0.05, 0) is 55.3 Å². The Morgan fingerprint density at radius 2 is 1.73 bits per heavy atom. The van der Waals surface area contributed by atoms with Crippen molar-refractivity contribution in [2.24, 2.45) is 0 Å². The highest BCUT2D eigenvalue weighted by molar-refractivity contribution is 6.07. The molecule has 40 heavy (non-hydrogen) atoms. The number of carboxylic acids is 1. The maximum atomic E-state index is 13.5. The van der Waals surface area contributed by atoms with Gasteiger partial charge in [0.1, 0.15) is 17.2 Å². The molecule has 0 saturated carbocycles. The molecule has 0 saturated heterocycles. The highest BCUT2D eigenvalue weighted by Gasteiger charge is 2.20. The van der Waals surface area contributed by atoms with Crippen LogP contribution in [0.3, 0.4) is 0 Å². The van der Waals surface area contributed by atoms with Crippen LogP contribution in [-0.2, 0) is 22.7 Å². The fourth-order valence-corrected chi connectivity index (χ4v) is 4.05. The molecule has 0 aliphatic carbocycles. The summed E-state index contributed by atoms with van der Waals surface area (Å²) < 4.78 is 23.9. The molecular weight excluding hydrogens is 512 g/mol. The number of benzene rings is 3. The number of hydrogen-bond acceptors (Lipinski definition) is 7. The van der Waals surface area contributed by atoms with Gasteiger partial charge in [-0.1, -0.05) is 36.4 Å². The average molecular weight is 545 g/mol. The monoisotopic (exact) mass is 544 g/mol. The smallest absolute Gasteiger partial charge is 0.332 e. The van der Waals surface area contributed by atoms with Gasteiger partial charge < -0.3 is 28.6 Å². The van der Waals surface area contributed by atoms with Gasteiger partial charge in [-0.2, -0.15) is 0 Å². The molecule has 1 N–H and O–H groups in total. The van der Waals surface area contributed by atoms with Crippen molar-refractivity contribution in [1.82, 2.24) is 9.55 Å². The van der Waals surface area contributed by atoms with E-state index in [1.165, 1.54) is 6.92 Å². The van der Waals surface area contributed by atoms with Crippen molar-refractivity contribution in [3.63, 3.8) is 0 Å². The standard InChI is InChI=1S/C31H32N2O7/c1-21(31(35)36)40-20-22-12-14-24(15-13-22)39-17-7-16-33-19-27(26-10-4-5-11-28(26)38-3)32-30(33)29(34)23-8-6-9-25(18-23)37-2/h4-6,8-15,18-19,21H,7,16-17,20H2,1-3H3,(H,35,36)/t21-/m0/s1. The van der Waals surface area contributed by atoms with E-state index in [0.29, 0.717) is 53.9 Å². The molecule has 0 bridgehead atoms. The number of nitrogens with zero attached hydrogens (tertiary/aromatic N) is 2. The lowest BCUT2D eigenvalue weighted by Gasteiger charge is -2.11. The van der Waals surface area contributed by atoms with E-state index in [2.05, 4.69) is 0 Å². The molecule has 4 rings (SSSR count). The average Bonchev–Trinajstić information content (AvgIpc) is 3.42. The molecule has 1 heterocycles. The van der Waals surface area contributed by atoms with Gasteiger partial charge >= 0.3 is 5.97 Å². The Bertz CT molecular complexity index is 1450. The van der Waals surface area contributed by atoms with Crippen LogP contribution in [0.25, 0.3) is 11.3 Å². The fourth-order valence-electron chi connectivity index (χ4n) is 4.05. The topological polar surface area (TPSA) is 109 Å². The number of carbonyl (C=O) groups is 2. The van der Waals surface area contributed by atoms with Crippen LogP contribution >= 0.6 is 0 Å². The van der Waals surface area contributed by atoms with Crippen LogP contribution < -0.4 is 14.2 Å². The number of carbonyl (C=O) groups excluding carboxylic acids is 1. The number of hydrogen-bond donors (Lipinski definition) is 1. The molecule has 1 aromatic heterocycles. The largest absolute Gasteiger partial charge is 0.497 e. The summed E-state index contributed by atoms with van der Waals surface area (Å²) in [7, 11) is 3.16. The van der Waals surface area contributed by atoms with E-state index >= 15 is 0 Å². The summed E-state index contributed by atoms with van der Waals surface area (Å²) in [4.78, 5) is 29.1. The van der Waals surface area contributed by atoms with E-state index in [-0.39, 0.29) is 12.4 Å². The van der Waals surface area contributed by atoms with Gasteiger partial charge in [0.15, 0.2) is 11.9 Å². The zero-order chi connectivity index (χ0) is 28.5. The maximum absolute atomic E-state index is 13.5. The second kappa shape index (κ2) is 13.4. The molecular formula is C31H32N2O7. The molecule has 0 aliphatic heterocycles. The molecule has 208 valence electrons. The van der Waals surface area contributed by atoms with Crippen LogP contribution in [0.15, 0.2) is 79.0 Å². The van der Waals surface area contributed by atoms with Gasteiger partial charge in [-0.15, -0.1) is 0 Å². The number of rotatable bonds is 14. The molecule has 0 radical (unpaired) electrons. The van der Waals surface area contributed by atoms with Crippen LogP contribution in [0.4, 0.5) is 0 Å². The van der Waals surface area contributed by atoms with Crippen molar-refractivity contribution < 1.29 is 33.6 Å². The highest BCUT2D eigenvalue weighted by atomic mass is 16.5. The van der Waals surface area contributed by atoms with Crippen LogP contribution in [0.1, 0.15) is 35.1 Å². The van der Waals surface area contributed by atoms with E-state index in [1.807, 2.05) is 59.3 Å². The highest BCUT2D eigenvalue weighted by Crippen LogP contribution is 2.30. The zero-order valence-corrected chi connectivity index (χ0v) is 22.7. The number of para-hydroxylation sites is 1. The third kappa shape index (κ3) is 7.06. The number of aromatic nitrogens is 2. The molecule has 0 amide bonds. The lowest BCUT2D eigenvalue weighted by molar-refractivity contribution is -0.149. The van der Waals surface area contributed by atoms with Crippen molar-refractivity contribution in [2.75, 3.05) is 20.8 Å². The Hall–Kier alpha value is -4.63. The van der Waals surface area contributed by atoms with Crippen LogP contribution in [0.5, 0.6) is 17.2 Å². The fraction of sp³-hybridized carbons (Fsp3) is 0.258. The first kappa shape index (κ1) is 28.4. The normalized spacial score (nSPS) is 11.6. The van der Waals surface area contributed by atoms with Gasteiger partial charge in [-0.25, -0.2) is 9.78 Å². The molecule has 0 fully saturated rings. The summed E-state index contributed by atoms with van der Waals surface area (Å²) in [5.74, 6) is 1.05. The van der Waals surface area contributed by atoms with E-state index in [9.17, 15) is 9.59 Å². The van der Waals surface area contributed by atoms with Crippen molar-refractivity contribution in [3.05, 3.63) is 95.9 Å². The summed E-state index contributed by atoms with van der Waals surface area (Å²) in [6.45, 7) is 2.62. The third-order valence-corrected chi connectivity index (χ3v) is 6.28. The minimum absolute atomic E-state index is 0.201. The molecule has 0 aliphatic rings. The summed E-state index contributed by atoms with van der Waals surface area (Å²) in [6, 6.07) is 21.9. The Kier molecular flexibility index (Phi) is 9.53. The number of aliphatic carboxylic acids is 1. The molecule has 0 unspecified atom stereocenters. The van der Waals surface area contributed by atoms with Gasteiger partial charge in [0.2, 0.25) is 5.78 Å². The predicted octanol–water partition coefficient (Wildman–Crippen LogP) is 5.26. The van der Waals surface area contributed by atoms with E-state index in [4.69, 9.17) is 29.0 Å². The van der Waals surface area contributed by atoms with Gasteiger partial charge in [0, 0.05) is 23.9 Å².